The standard InChI is InChI=1S/C14H24N6O2/c1-11-5-4-6-19(8-11)14(15-2)16-7-12-9-20(18-17-12)10-13(21)22-3/h9,11H,4-8,10H2,1-3H3,(H,15,16). The number of aliphatic imine (C=N–C) groups is 1. The molecule has 0 radical (unpaired) electrons. The van der Waals surface area contributed by atoms with Gasteiger partial charge in [0.2, 0.25) is 0 Å². The van der Waals surface area contributed by atoms with Gasteiger partial charge in [-0.3, -0.25) is 9.79 Å². The fourth-order valence-electron chi connectivity index (χ4n) is 2.58. The molecular weight excluding hydrogens is 284 g/mol. The van der Waals surface area contributed by atoms with Gasteiger partial charge in [0.15, 0.2) is 5.96 Å². The van der Waals surface area contributed by atoms with Crippen LogP contribution in [0.5, 0.6) is 0 Å². The number of carbonyl (C=O) groups is 1. The summed E-state index contributed by atoms with van der Waals surface area (Å²) >= 11 is 0. The number of aromatic nitrogens is 3. The van der Waals surface area contributed by atoms with Crippen LogP contribution < -0.4 is 5.32 Å². The zero-order valence-electron chi connectivity index (χ0n) is 13.4. The largest absolute Gasteiger partial charge is 0.468 e. The van der Waals surface area contributed by atoms with Crippen molar-refractivity contribution in [3.8, 4) is 0 Å². The van der Waals surface area contributed by atoms with Gasteiger partial charge >= 0.3 is 5.97 Å². The minimum absolute atomic E-state index is 0.0713. The number of nitrogens with zero attached hydrogens (tertiary/aromatic N) is 5. The molecule has 1 atom stereocenters. The predicted molar refractivity (Wildman–Crippen MR) is 82.2 cm³/mol. The Labute approximate surface area is 130 Å². The van der Waals surface area contributed by atoms with Crippen molar-refractivity contribution in [2.24, 2.45) is 10.9 Å². The summed E-state index contributed by atoms with van der Waals surface area (Å²) in [7, 11) is 3.14. The highest BCUT2D eigenvalue weighted by Gasteiger charge is 2.19. The van der Waals surface area contributed by atoms with E-state index in [1.165, 1.54) is 24.6 Å². The van der Waals surface area contributed by atoms with Crippen LogP contribution in [0.25, 0.3) is 0 Å². The number of likely N-dealkylation sites (tertiary alicyclic amines) is 1. The third-order valence-corrected chi connectivity index (χ3v) is 3.70. The molecule has 1 saturated heterocycles. The summed E-state index contributed by atoms with van der Waals surface area (Å²) in [6.07, 6.45) is 4.20. The van der Waals surface area contributed by atoms with Gasteiger partial charge < -0.3 is 15.0 Å². The van der Waals surface area contributed by atoms with Crippen molar-refractivity contribution in [3.05, 3.63) is 11.9 Å². The Hall–Kier alpha value is -2.12. The first-order chi connectivity index (χ1) is 10.6. The third-order valence-electron chi connectivity index (χ3n) is 3.70. The molecule has 0 aromatic carbocycles. The SMILES string of the molecule is CN=C(NCc1cn(CC(=O)OC)nn1)N1CCCC(C)C1. The first-order valence-corrected chi connectivity index (χ1v) is 7.53. The summed E-state index contributed by atoms with van der Waals surface area (Å²) in [5.41, 5.74) is 0.759. The Morgan fingerprint density at radius 3 is 3.09 bits per heavy atom. The van der Waals surface area contributed by atoms with E-state index in [2.05, 4.69) is 37.2 Å². The number of methoxy groups -OCH3 is 1. The van der Waals surface area contributed by atoms with Crippen molar-refractivity contribution in [2.75, 3.05) is 27.2 Å². The number of guanidine groups is 1. The minimum atomic E-state index is -0.345. The number of carbonyl (C=O) groups excluding carboxylic acids is 1. The molecule has 0 bridgehead atoms. The van der Waals surface area contributed by atoms with Crippen molar-refractivity contribution in [3.63, 3.8) is 0 Å². The van der Waals surface area contributed by atoms with Gasteiger partial charge in [-0.1, -0.05) is 12.1 Å². The number of nitrogens with one attached hydrogen (secondary N) is 1. The molecule has 0 amide bonds. The van der Waals surface area contributed by atoms with Gasteiger partial charge in [-0.25, -0.2) is 4.68 Å². The van der Waals surface area contributed by atoms with Crippen LogP contribution in [0.4, 0.5) is 0 Å². The molecular formula is C14H24N6O2. The molecule has 1 N–H and O–H groups in total. The van der Waals surface area contributed by atoms with E-state index in [0.29, 0.717) is 12.5 Å². The van der Waals surface area contributed by atoms with Crippen molar-refractivity contribution in [2.45, 2.75) is 32.9 Å². The number of ether oxygens (including phenoxy) is 1. The average molecular weight is 308 g/mol. The van der Waals surface area contributed by atoms with Gasteiger partial charge in [0.05, 0.1) is 19.9 Å². The number of esters is 1. The van der Waals surface area contributed by atoms with E-state index < -0.39 is 0 Å². The molecule has 1 fully saturated rings. The van der Waals surface area contributed by atoms with E-state index in [1.54, 1.807) is 13.2 Å². The highest BCUT2D eigenvalue weighted by molar-refractivity contribution is 5.79. The van der Waals surface area contributed by atoms with Gasteiger partial charge in [0, 0.05) is 20.1 Å². The molecule has 1 unspecified atom stereocenters. The molecule has 22 heavy (non-hydrogen) atoms. The van der Waals surface area contributed by atoms with E-state index in [-0.39, 0.29) is 12.5 Å². The van der Waals surface area contributed by atoms with Gasteiger partial charge in [-0.15, -0.1) is 5.10 Å². The zero-order chi connectivity index (χ0) is 15.9. The maximum atomic E-state index is 11.2. The van der Waals surface area contributed by atoms with Crippen LogP contribution in [0.1, 0.15) is 25.5 Å². The molecule has 0 aliphatic carbocycles. The van der Waals surface area contributed by atoms with E-state index in [9.17, 15) is 4.79 Å². The van der Waals surface area contributed by atoms with Crippen LogP contribution >= 0.6 is 0 Å². The summed E-state index contributed by atoms with van der Waals surface area (Å²) in [6.45, 7) is 4.91. The van der Waals surface area contributed by atoms with Crippen molar-refractivity contribution < 1.29 is 9.53 Å². The molecule has 1 aromatic rings. The van der Waals surface area contributed by atoms with E-state index in [1.807, 2.05) is 0 Å². The molecule has 1 aliphatic rings. The normalized spacial score (nSPS) is 19.1. The van der Waals surface area contributed by atoms with E-state index >= 15 is 0 Å². The van der Waals surface area contributed by atoms with Gasteiger partial charge in [0.1, 0.15) is 12.2 Å². The number of piperidine rings is 1. The second-order valence-corrected chi connectivity index (χ2v) is 5.58. The maximum absolute atomic E-state index is 11.2. The van der Waals surface area contributed by atoms with Crippen LogP contribution in [-0.2, 0) is 22.6 Å². The van der Waals surface area contributed by atoms with E-state index in [0.717, 1.165) is 24.7 Å². The van der Waals surface area contributed by atoms with E-state index in [4.69, 9.17) is 0 Å². The quantitative estimate of drug-likeness (QED) is 0.488. The van der Waals surface area contributed by atoms with Crippen molar-refractivity contribution >= 4 is 11.9 Å². The van der Waals surface area contributed by atoms with Crippen LogP contribution in [-0.4, -0.2) is 59.1 Å². The second-order valence-electron chi connectivity index (χ2n) is 5.58. The highest BCUT2D eigenvalue weighted by Crippen LogP contribution is 2.15. The van der Waals surface area contributed by atoms with Crippen LogP contribution in [0, 0.1) is 5.92 Å². The first kappa shape index (κ1) is 16.3. The summed E-state index contributed by atoms with van der Waals surface area (Å²) in [5, 5.41) is 11.2. The summed E-state index contributed by atoms with van der Waals surface area (Å²) in [5.74, 6) is 1.23. The van der Waals surface area contributed by atoms with Crippen LogP contribution in [0.15, 0.2) is 11.2 Å². The second kappa shape index (κ2) is 7.77. The Morgan fingerprint density at radius 2 is 2.41 bits per heavy atom. The van der Waals surface area contributed by atoms with Crippen molar-refractivity contribution in [1.29, 1.82) is 0 Å². The zero-order valence-corrected chi connectivity index (χ0v) is 13.4. The van der Waals surface area contributed by atoms with Crippen LogP contribution in [0.2, 0.25) is 0 Å². The Bertz CT molecular complexity index is 527. The fraction of sp³-hybridized carbons (Fsp3) is 0.714. The van der Waals surface area contributed by atoms with Gasteiger partial charge in [-0.05, 0) is 18.8 Å². The van der Waals surface area contributed by atoms with Gasteiger partial charge in [-0.2, -0.15) is 0 Å². The Kier molecular flexibility index (Phi) is 5.74. The molecule has 0 spiro atoms. The molecule has 2 rings (SSSR count). The Morgan fingerprint density at radius 1 is 1.59 bits per heavy atom. The highest BCUT2D eigenvalue weighted by atomic mass is 16.5. The van der Waals surface area contributed by atoms with Crippen LogP contribution in [0.3, 0.4) is 0 Å². The maximum Gasteiger partial charge on any atom is 0.327 e. The monoisotopic (exact) mass is 308 g/mol. The predicted octanol–water partition coefficient (Wildman–Crippen LogP) is 0.258. The lowest BCUT2D eigenvalue weighted by atomic mass is 10.0. The summed E-state index contributed by atoms with van der Waals surface area (Å²) < 4.78 is 6.07. The molecule has 8 nitrogen and oxygen atoms in total. The summed E-state index contributed by atoms with van der Waals surface area (Å²) in [6, 6.07) is 0. The lowest BCUT2D eigenvalue weighted by molar-refractivity contribution is -0.141. The molecule has 1 aromatic heterocycles. The number of rotatable bonds is 4. The summed E-state index contributed by atoms with van der Waals surface area (Å²) in [4.78, 5) is 17.8. The minimum Gasteiger partial charge on any atom is -0.468 e. The molecule has 1 aliphatic heterocycles. The van der Waals surface area contributed by atoms with Crippen molar-refractivity contribution in [1.82, 2.24) is 25.2 Å². The third kappa shape index (κ3) is 4.44. The topological polar surface area (TPSA) is 84.6 Å². The fourth-order valence-corrected chi connectivity index (χ4v) is 2.58. The lowest BCUT2D eigenvalue weighted by Crippen LogP contribution is -2.45. The average Bonchev–Trinajstić information content (AvgIpc) is 2.95. The lowest BCUT2D eigenvalue weighted by Gasteiger charge is -2.33. The molecule has 0 saturated carbocycles. The molecule has 8 heteroatoms. The number of hydrogen-bond donors (Lipinski definition) is 1. The smallest absolute Gasteiger partial charge is 0.327 e. The molecule has 122 valence electrons. The Balaban J connectivity index is 1.87. The number of hydrogen-bond acceptors (Lipinski definition) is 5. The van der Waals surface area contributed by atoms with Gasteiger partial charge in [0.25, 0.3) is 0 Å². The first-order valence-electron chi connectivity index (χ1n) is 7.53. The molecule has 2 heterocycles.